The summed E-state index contributed by atoms with van der Waals surface area (Å²) >= 11 is 0. The van der Waals surface area contributed by atoms with Gasteiger partial charge in [-0.25, -0.2) is 4.98 Å². The average Bonchev–Trinajstić information content (AvgIpc) is 2.65. The van der Waals surface area contributed by atoms with E-state index in [2.05, 4.69) is 17.0 Å². The summed E-state index contributed by atoms with van der Waals surface area (Å²) in [5.41, 5.74) is 5.86. The van der Waals surface area contributed by atoms with Crippen LogP contribution in [0.15, 0.2) is 6.33 Å². The molecular weight excluding hydrogens is 200 g/mol. The van der Waals surface area contributed by atoms with Gasteiger partial charge in [0.05, 0.1) is 0 Å². The summed E-state index contributed by atoms with van der Waals surface area (Å²) in [7, 11) is 1.96. The lowest BCUT2D eigenvalue weighted by Gasteiger charge is -2.34. The molecule has 3 unspecified atom stereocenters. The van der Waals surface area contributed by atoms with Crippen LogP contribution < -0.4 is 5.73 Å². The molecule has 2 N–H and O–H groups in total. The highest BCUT2D eigenvalue weighted by Crippen LogP contribution is 2.34. The van der Waals surface area contributed by atoms with Crippen LogP contribution >= 0.6 is 0 Å². The van der Waals surface area contributed by atoms with Gasteiger partial charge in [-0.3, -0.25) is 4.68 Å². The summed E-state index contributed by atoms with van der Waals surface area (Å²) in [5, 5.41) is 4.13. The molecule has 1 heterocycles. The normalized spacial score (nSPS) is 30.6. The molecule has 2 rings (SSSR count). The third kappa shape index (κ3) is 2.43. The standard InChI is InChI=1S/C12H22N4/c1-9-3-4-10(7-13)11(5-9)6-12-14-8-15-16(12)2/h8-11H,3-7,13H2,1-2H3. The zero-order chi connectivity index (χ0) is 11.5. The van der Waals surface area contributed by atoms with Gasteiger partial charge < -0.3 is 5.73 Å². The molecule has 0 bridgehead atoms. The van der Waals surface area contributed by atoms with Gasteiger partial charge in [0.1, 0.15) is 12.2 Å². The Labute approximate surface area is 97.2 Å². The Hall–Kier alpha value is -0.900. The maximum atomic E-state index is 5.86. The van der Waals surface area contributed by atoms with Gasteiger partial charge in [0.2, 0.25) is 0 Å². The van der Waals surface area contributed by atoms with E-state index in [1.54, 1.807) is 6.33 Å². The fraction of sp³-hybridized carbons (Fsp3) is 0.833. The summed E-state index contributed by atoms with van der Waals surface area (Å²) in [6, 6.07) is 0. The van der Waals surface area contributed by atoms with E-state index in [-0.39, 0.29) is 0 Å². The second kappa shape index (κ2) is 4.95. The first-order valence-corrected chi connectivity index (χ1v) is 6.23. The van der Waals surface area contributed by atoms with Crippen molar-refractivity contribution in [2.45, 2.75) is 32.6 Å². The highest BCUT2D eigenvalue weighted by atomic mass is 15.3. The maximum absolute atomic E-state index is 5.86. The highest BCUT2D eigenvalue weighted by Gasteiger charge is 2.28. The minimum absolute atomic E-state index is 0.674. The zero-order valence-electron chi connectivity index (χ0n) is 10.3. The van der Waals surface area contributed by atoms with Crippen molar-refractivity contribution in [2.24, 2.45) is 30.5 Å². The van der Waals surface area contributed by atoms with Crippen molar-refractivity contribution in [3.8, 4) is 0 Å². The summed E-state index contributed by atoms with van der Waals surface area (Å²) < 4.78 is 1.88. The summed E-state index contributed by atoms with van der Waals surface area (Å²) in [4.78, 5) is 4.31. The fourth-order valence-corrected chi connectivity index (χ4v) is 2.86. The zero-order valence-corrected chi connectivity index (χ0v) is 10.3. The third-order valence-electron chi connectivity index (χ3n) is 3.95. The Morgan fingerprint density at radius 3 is 2.88 bits per heavy atom. The molecule has 3 atom stereocenters. The molecule has 16 heavy (non-hydrogen) atoms. The van der Waals surface area contributed by atoms with E-state index >= 15 is 0 Å². The van der Waals surface area contributed by atoms with Crippen LogP contribution in [0, 0.1) is 17.8 Å². The van der Waals surface area contributed by atoms with E-state index in [9.17, 15) is 0 Å². The molecule has 0 spiro atoms. The van der Waals surface area contributed by atoms with Gasteiger partial charge in [-0.2, -0.15) is 5.10 Å². The third-order valence-corrected chi connectivity index (χ3v) is 3.95. The molecule has 0 aliphatic heterocycles. The Bertz CT molecular complexity index is 334. The van der Waals surface area contributed by atoms with Crippen molar-refractivity contribution in [1.29, 1.82) is 0 Å². The number of aryl methyl sites for hydroxylation is 1. The molecule has 1 aliphatic rings. The summed E-state index contributed by atoms with van der Waals surface area (Å²) in [6.45, 7) is 3.16. The van der Waals surface area contributed by atoms with Crippen LogP contribution in [-0.4, -0.2) is 21.3 Å². The lowest BCUT2D eigenvalue weighted by Crippen LogP contribution is -2.31. The minimum atomic E-state index is 0.674. The minimum Gasteiger partial charge on any atom is -0.330 e. The first-order chi connectivity index (χ1) is 7.70. The van der Waals surface area contributed by atoms with Crippen LogP contribution in [0.4, 0.5) is 0 Å². The van der Waals surface area contributed by atoms with Gasteiger partial charge >= 0.3 is 0 Å². The van der Waals surface area contributed by atoms with Crippen molar-refractivity contribution >= 4 is 0 Å². The predicted molar refractivity (Wildman–Crippen MR) is 63.8 cm³/mol. The quantitative estimate of drug-likeness (QED) is 0.840. The SMILES string of the molecule is CC1CCC(CN)C(Cc2ncnn2C)C1. The number of nitrogens with zero attached hydrogens (tertiary/aromatic N) is 3. The largest absolute Gasteiger partial charge is 0.330 e. The Balaban J connectivity index is 2.03. The fourth-order valence-electron chi connectivity index (χ4n) is 2.86. The molecule has 1 fully saturated rings. The van der Waals surface area contributed by atoms with E-state index in [1.165, 1.54) is 19.3 Å². The molecule has 1 aromatic rings. The number of hydrogen-bond donors (Lipinski definition) is 1. The van der Waals surface area contributed by atoms with Gasteiger partial charge in [-0.15, -0.1) is 0 Å². The number of hydrogen-bond acceptors (Lipinski definition) is 3. The van der Waals surface area contributed by atoms with Crippen molar-refractivity contribution in [1.82, 2.24) is 14.8 Å². The Morgan fingerprint density at radius 1 is 1.44 bits per heavy atom. The molecule has 0 saturated heterocycles. The second-order valence-corrected chi connectivity index (χ2v) is 5.18. The first-order valence-electron chi connectivity index (χ1n) is 6.23. The maximum Gasteiger partial charge on any atom is 0.138 e. The molecular formula is C12H22N4. The van der Waals surface area contributed by atoms with E-state index in [0.29, 0.717) is 11.8 Å². The molecule has 4 heteroatoms. The van der Waals surface area contributed by atoms with Gasteiger partial charge in [0.25, 0.3) is 0 Å². The van der Waals surface area contributed by atoms with Crippen LogP contribution in [0.25, 0.3) is 0 Å². The molecule has 0 amide bonds. The Morgan fingerprint density at radius 2 is 2.25 bits per heavy atom. The number of rotatable bonds is 3. The van der Waals surface area contributed by atoms with E-state index < -0.39 is 0 Å². The summed E-state index contributed by atoms with van der Waals surface area (Å²) in [5.74, 6) is 3.29. The molecule has 1 aliphatic carbocycles. The molecule has 90 valence electrons. The van der Waals surface area contributed by atoms with Crippen molar-refractivity contribution in [2.75, 3.05) is 6.54 Å². The molecule has 0 aromatic carbocycles. The lowest BCUT2D eigenvalue weighted by molar-refractivity contribution is 0.190. The van der Waals surface area contributed by atoms with Gasteiger partial charge in [0.15, 0.2) is 0 Å². The van der Waals surface area contributed by atoms with Crippen molar-refractivity contribution in [3.63, 3.8) is 0 Å². The van der Waals surface area contributed by atoms with Crippen LogP contribution in [-0.2, 0) is 13.5 Å². The number of nitrogens with two attached hydrogens (primary N) is 1. The predicted octanol–water partition coefficient (Wildman–Crippen LogP) is 1.37. The monoisotopic (exact) mass is 222 g/mol. The molecule has 1 saturated carbocycles. The summed E-state index contributed by atoms with van der Waals surface area (Å²) in [6.07, 6.45) is 6.56. The van der Waals surface area contributed by atoms with E-state index in [4.69, 9.17) is 5.73 Å². The first kappa shape index (κ1) is 11.6. The second-order valence-electron chi connectivity index (χ2n) is 5.18. The van der Waals surface area contributed by atoms with Gasteiger partial charge in [-0.1, -0.05) is 13.3 Å². The molecule has 0 radical (unpaired) electrons. The van der Waals surface area contributed by atoms with Crippen LogP contribution in [0.1, 0.15) is 32.0 Å². The van der Waals surface area contributed by atoms with Crippen molar-refractivity contribution < 1.29 is 0 Å². The van der Waals surface area contributed by atoms with Gasteiger partial charge in [0, 0.05) is 13.5 Å². The smallest absolute Gasteiger partial charge is 0.138 e. The van der Waals surface area contributed by atoms with Crippen LogP contribution in [0.2, 0.25) is 0 Å². The van der Waals surface area contributed by atoms with Crippen LogP contribution in [0.3, 0.4) is 0 Å². The number of aromatic nitrogens is 3. The highest BCUT2D eigenvalue weighted by molar-refractivity contribution is 4.91. The van der Waals surface area contributed by atoms with Gasteiger partial charge in [-0.05, 0) is 37.1 Å². The Kier molecular flexibility index (Phi) is 3.59. The average molecular weight is 222 g/mol. The van der Waals surface area contributed by atoms with E-state index in [0.717, 1.165) is 24.7 Å². The van der Waals surface area contributed by atoms with E-state index in [1.807, 2.05) is 11.7 Å². The molecule has 4 nitrogen and oxygen atoms in total. The lowest BCUT2D eigenvalue weighted by atomic mass is 9.73. The van der Waals surface area contributed by atoms with Crippen molar-refractivity contribution in [3.05, 3.63) is 12.2 Å². The van der Waals surface area contributed by atoms with Crippen LogP contribution in [0.5, 0.6) is 0 Å². The molecule has 1 aromatic heterocycles. The topological polar surface area (TPSA) is 56.7 Å².